The van der Waals surface area contributed by atoms with Crippen LogP contribution in [0.3, 0.4) is 0 Å². The van der Waals surface area contributed by atoms with E-state index in [0.29, 0.717) is 26.2 Å². The molecule has 0 aromatic rings. The SMILES string of the molecule is CCN(CC)S(=O)(=O)N1CCN(CCCCCN)CC1. The third kappa shape index (κ3) is 4.96. The van der Waals surface area contributed by atoms with E-state index in [2.05, 4.69) is 4.90 Å². The van der Waals surface area contributed by atoms with Gasteiger partial charge < -0.3 is 10.6 Å². The van der Waals surface area contributed by atoms with Crippen molar-refractivity contribution in [2.45, 2.75) is 33.1 Å². The average Bonchev–Trinajstić information content (AvgIpc) is 2.45. The minimum Gasteiger partial charge on any atom is -0.330 e. The fourth-order valence-corrected chi connectivity index (χ4v) is 4.16. The van der Waals surface area contributed by atoms with E-state index < -0.39 is 10.2 Å². The quantitative estimate of drug-likeness (QED) is 0.623. The van der Waals surface area contributed by atoms with Crippen LogP contribution in [0.25, 0.3) is 0 Å². The van der Waals surface area contributed by atoms with E-state index in [9.17, 15) is 8.42 Å². The summed E-state index contributed by atoms with van der Waals surface area (Å²) in [6.45, 7) is 9.55. The molecule has 0 unspecified atom stereocenters. The summed E-state index contributed by atoms with van der Waals surface area (Å²) < 4.78 is 27.9. The smallest absolute Gasteiger partial charge is 0.282 e. The second kappa shape index (κ2) is 8.94. The molecule has 0 spiro atoms. The summed E-state index contributed by atoms with van der Waals surface area (Å²) >= 11 is 0. The first kappa shape index (κ1) is 17.8. The zero-order valence-electron chi connectivity index (χ0n) is 12.9. The van der Waals surface area contributed by atoms with Crippen molar-refractivity contribution in [2.75, 3.05) is 52.4 Å². The lowest BCUT2D eigenvalue weighted by atomic mass is 10.2. The van der Waals surface area contributed by atoms with Crippen LogP contribution in [0.4, 0.5) is 0 Å². The first-order chi connectivity index (χ1) is 9.56. The van der Waals surface area contributed by atoms with E-state index in [1.165, 1.54) is 4.31 Å². The molecule has 1 fully saturated rings. The van der Waals surface area contributed by atoms with Crippen LogP contribution in [-0.2, 0) is 10.2 Å². The van der Waals surface area contributed by atoms with Gasteiger partial charge in [0.05, 0.1) is 0 Å². The normalized spacial score (nSPS) is 18.8. The minimum atomic E-state index is -3.25. The van der Waals surface area contributed by atoms with E-state index in [1.54, 1.807) is 4.31 Å². The number of nitrogens with two attached hydrogens (primary N) is 1. The first-order valence-electron chi connectivity index (χ1n) is 7.73. The molecule has 0 amide bonds. The summed E-state index contributed by atoms with van der Waals surface area (Å²) in [7, 11) is -3.25. The maximum Gasteiger partial charge on any atom is 0.282 e. The highest BCUT2D eigenvalue weighted by atomic mass is 32.2. The molecule has 7 heteroatoms. The molecular formula is C13H30N4O2S. The lowest BCUT2D eigenvalue weighted by molar-refractivity contribution is 0.179. The van der Waals surface area contributed by atoms with Crippen LogP contribution in [0.5, 0.6) is 0 Å². The van der Waals surface area contributed by atoms with Gasteiger partial charge in [-0.05, 0) is 25.9 Å². The topological polar surface area (TPSA) is 69.9 Å². The van der Waals surface area contributed by atoms with Crippen molar-refractivity contribution in [1.29, 1.82) is 0 Å². The van der Waals surface area contributed by atoms with E-state index in [0.717, 1.165) is 45.4 Å². The van der Waals surface area contributed by atoms with Crippen LogP contribution in [0.15, 0.2) is 0 Å². The highest BCUT2D eigenvalue weighted by molar-refractivity contribution is 7.86. The first-order valence-corrected chi connectivity index (χ1v) is 9.13. The molecule has 0 atom stereocenters. The minimum absolute atomic E-state index is 0.540. The zero-order valence-corrected chi connectivity index (χ0v) is 13.7. The Bertz CT molecular complexity index is 349. The zero-order chi connectivity index (χ0) is 15.0. The molecule has 20 heavy (non-hydrogen) atoms. The molecule has 0 saturated carbocycles. The third-order valence-electron chi connectivity index (χ3n) is 3.87. The van der Waals surface area contributed by atoms with Gasteiger partial charge in [0, 0.05) is 39.3 Å². The second-order valence-electron chi connectivity index (χ2n) is 5.18. The number of hydrogen-bond acceptors (Lipinski definition) is 4. The fourth-order valence-electron chi connectivity index (χ4n) is 2.55. The summed E-state index contributed by atoms with van der Waals surface area (Å²) in [6.07, 6.45) is 3.39. The van der Waals surface area contributed by atoms with Gasteiger partial charge in [-0.3, -0.25) is 0 Å². The maximum absolute atomic E-state index is 12.4. The van der Waals surface area contributed by atoms with Crippen molar-refractivity contribution in [1.82, 2.24) is 13.5 Å². The third-order valence-corrected chi connectivity index (χ3v) is 6.05. The average molecular weight is 306 g/mol. The van der Waals surface area contributed by atoms with Gasteiger partial charge in [-0.25, -0.2) is 0 Å². The molecule has 120 valence electrons. The molecule has 0 aliphatic carbocycles. The van der Waals surface area contributed by atoms with Crippen LogP contribution in [0.1, 0.15) is 33.1 Å². The summed E-state index contributed by atoms with van der Waals surface area (Å²) in [5.74, 6) is 0. The summed E-state index contributed by atoms with van der Waals surface area (Å²) in [6, 6.07) is 0. The van der Waals surface area contributed by atoms with Crippen molar-refractivity contribution in [2.24, 2.45) is 5.73 Å². The lowest BCUT2D eigenvalue weighted by Gasteiger charge is -2.36. The van der Waals surface area contributed by atoms with Gasteiger partial charge in [0.2, 0.25) is 0 Å². The van der Waals surface area contributed by atoms with Crippen molar-refractivity contribution in [3.63, 3.8) is 0 Å². The predicted molar refractivity (Wildman–Crippen MR) is 82.8 cm³/mol. The van der Waals surface area contributed by atoms with Crippen LogP contribution in [0.2, 0.25) is 0 Å². The number of hydrogen-bond donors (Lipinski definition) is 1. The Morgan fingerprint density at radius 3 is 2.10 bits per heavy atom. The molecule has 1 rings (SSSR count). The van der Waals surface area contributed by atoms with Crippen molar-refractivity contribution in [3.05, 3.63) is 0 Å². The van der Waals surface area contributed by atoms with E-state index in [1.807, 2.05) is 13.8 Å². The molecule has 0 bridgehead atoms. The number of rotatable bonds is 9. The summed E-state index contributed by atoms with van der Waals surface area (Å²) in [5, 5.41) is 0. The lowest BCUT2D eigenvalue weighted by Crippen LogP contribution is -2.53. The van der Waals surface area contributed by atoms with Crippen LogP contribution < -0.4 is 5.73 Å². The fraction of sp³-hybridized carbons (Fsp3) is 1.00. The molecular weight excluding hydrogens is 276 g/mol. The molecule has 1 aliphatic heterocycles. The van der Waals surface area contributed by atoms with Gasteiger partial charge in [-0.1, -0.05) is 20.3 Å². The number of piperazine rings is 1. The maximum atomic E-state index is 12.4. The van der Waals surface area contributed by atoms with E-state index in [4.69, 9.17) is 5.73 Å². The van der Waals surface area contributed by atoms with Gasteiger partial charge in [0.25, 0.3) is 10.2 Å². The van der Waals surface area contributed by atoms with Gasteiger partial charge in [-0.2, -0.15) is 17.0 Å². The summed E-state index contributed by atoms with van der Waals surface area (Å²) in [5.41, 5.74) is 5.48. The Kier molecular flexibility index (Phi) is 7.98. The van der Waals surface area contributed by atoms with Crippen molar-refractivity contribution < 1.29 is 8.42 Å². The van der Waals surface area contributed by atoms with Crippen molar-refractivity contribution >= 4 is 10.2 Å². The van der Waals surface area contributed by atoms with Crippen molar-refractivity contribution in [3.8, 4) is 0 Å². The van der Waals surface area contributed by atoms with Crippen LogP contribution >= 0.6 is 0 Å². The molecule has 2 N–H and O–H groups in total. The van der Waals surface area contributed by atoms with Gasteiger partial charge in [0.15, 0.2) is 0 Å². The number of unbranched alkanes of at least 4 members (excludes halogenated alkanes) is 2. The Morgan fingerprint density at radius 1 is 1.00 bits per heavy atom. The standard InChI is InChI=1S/C13H30N4O2S/c1-3-16(4-2)20(18,19)17-12-10-15(11-13-17)9-7-5-6-8-14/h3-14H2,1-2H3. The second-order valence-corrected chi connectivity index (χ2v) is 7.11. The molecule has 0 aromatic carbocycles. The van der Waals surface area contributed by atoms with Gasteiger partial charge >= 0.3 is 0 Å². The molecule has 0 aromatic heterocycles. The molecule has 1 heterocycles. The molecule has 6 nitrogen and oxygen atoms in total. The van der Waals surface area contributed by atoms with Crippen LogP contribution in [-0.4, -0.2) is 74.3 Å². The molecule has 1 aliphatic rings. The van der Waals surface area contributed by atoms with E-state index >= 15 is 0 Å². The van der Waals surface area contributed by atoms with E-state index in [-0.39, 0.29) is 0 Å². The summed E-state index contributed by atoms with van der Waals surface area (Å²) in [4.78, 5) is 2.35. The Hall–Kier alpha value is -0.210. The molecule has 1 saturated heterocycles. The molecule has 0 radical (unpaired) electrons. The number of nitrogens with zero attached hydrogens (tertiary/aromatic N) is 3. The van der Waals surface area contributed by atoms with Crippen LogP contribution in [0, 0.1) is 0 Å². The van der Waals surface area contributed by atoms with Gasteiger partial charge in [-0.15, -0.1) is 0 Å². The Labute approximate surface area is 124 Å². The Balaban J connectivity index is 2.38. The van der Waals surface area contributed by atoms with Gasteiger partial charge in [0.1, 0.15) is 0 Å². The Morgan fingerprint density at radius 2 is 1.60 bits per heavy atom. The highest BCUT2D eigenvalue weighted by Gasteiger charge is 2.30. The highest BCUT2D eigenvalue weighted by Crippen LogP contribution is 2.12. The predicted octanol–water partition coefficient (Wildman–Crippen LogP) is 0.320. The monoisotopic (exact) mass is 306 g/mol. The largest absolute Gasteiger partial charge is 0.330 e.